The first-order valence-electron chi connectivity index (χ1n) is 6.42. The molecule has 0 aliphatic heterocycles. The molecule has 116 valence electrons. The van der Waals surface area contributed by atoms with Gasteiger partial charge in [-0.3, -0.25) is 0 Å². The minimum atomic E-state index is -1.08. The smallest absolute Gasteiger partial charge is 0.349 e. The minimum absolute atomic E-state index is 0.0602. The Balaban J connectivity index is 2.07. The molecule has 0 saturated carbocycles. The molecule has 22 heavy (non-hydrogen) atoms. The summed E-state index contributed by atoms with van der Waals surface area (Å²) in [6.07, 6.45) is -1.08. The fraction of sp³-hybridized carbons (Fsp3) is 0.267. The highest BCUT2D eigenvalue weighted by atomic mass is 32.1. The second-order valence-corrected chi connectivity index (χ2v) is 5.04. The number of ether oxygens (including phenoxy) is 3. The number of carbonyl (C=O) groups excluding carboxylic acids is 2. The Hall–Kier alpha value is -2.25. The van der Waals surface area contributed by atoms with Gasteiger partial charge in [-0.1, -0.05) is 12.1 Å². The summed E-state index contributed by atoms with van der Waals surface area (Å²) in [4.78, 5) is 27.7. The van der Waals surface area contributed by atoms with E-state index in [0.717, 1.165) is 11.3 Å². The van der Waals surface area contributed by atoms with Crippen LogP contribution in [0.15, 0.2) is 35.2 Å². The first-order valence-corrected chi connectivity index (χ1v) is 7.36. The molecule has 0 aliphatic carbocycles. The molecule has 2 aromatic rings. The largest absolute Gasteiger partial charge is 0.466 e. The fourth-order valence-corrected chi connectivity index (χ4v) is 2.32. The number of rotatable bonds is 6. The quantitative estimate of drug-likeness (QED) is 0.759. The number of hydrogen-bond acceptors (Lipinski definition) is 7. The topological polar surface area (TPSA) is 74.7 Å². The maximum absolute atomic E-state index is 12.0. The van der Waals surface area contributed by atoms with Gasteiger partial charge in [-0.15, -0.1) is 11.3 Å². The lowest BCUT2D eigenvalue weighted by molar-refractivity contribution is -0.153. The third-order valence-electron chi connectivity index (χ3n) is 2.88. The summed E-state index contributed by atoms with van der Waals surface area (Å²) in [7, 11) is 2.63. The third-order valence-corrected chi connectivity index (χ3v) is 3.47. The zero-order valence-corrected chi connectivity index (χ0v) is 13.0. The van der Waals surface area contributed by atoms with Gasteiger partial charge in [0.1, 0.15) is 0 Å². The molecule has 0 saturated heterocycles. The van der Waals surface area contributed by atoms with Gasteiger partial charge in [0, 0.05) is 18.1 Å². The molecule has 0 fully saturated rings. The summed E-state index contributed by atoms with van der Waals surface area (Å²) in [5.74, 6) is -1.27. The molecule has 0 spiro atoms. The number of aromatic nitrogens is 1. The van der Waals surface area contributed by atoms with Gasteiger partial charge in [-0.05, 0) is 12.1 Å². The Morgan fingerprint density at radius 1 is 1.23 bits per heavy atom. The maximum Gasteiger partial charge on any atom is 0.349 e. The first kappa shape index (κ1) is 16.1. The molecule has 0 unspecified atom stereocenters. The molecule has 0 N–H and O–H groups in total. The molecular weight excluding hydrogens is 306 g/mol. The van der Waals surface area contributed by atoms with Gasteiger partial charge in [0.2, 0.25) is 6.10 Å². The normalized spacial score (nSPS) is 11.7. The van der Waals surface area contributed by atoms with E-state index in [1.165, 1.54) is 25.6 Å². The SMILES string of the molecule is COC[C@@H](OC(=O)c1ccc(-c2cscn2)cc1)C(=O)OC. The average molecular weight is 321 g/mol. The van der Waals surface area contributed by atoms with Crippen molar-refractivity contribution >= 4 is 23.3 Å². The van der Waals surface area contributed by atoms with E-state index in [2.05, 4.69) is 9.72 Å². The predicted octanol–water partition coefficient (Wildman–Crippen LogP) is 2.15. The highest BCUT2D eigenvalue weighted by Crippen LogP contribution is 2.19. The van der Waals surface area contributed by atoms with Crippen molar-refractivity contribution in [3.05, 3.63) is 40.7 Å². The van der Waals surface area contributed by atoms with Gasteiger partial charge in [-0.25, -0.2) is 14.6 Å². The highest BCUT2D eigenvalue weighted by Gasteiger charge is 2.24. The van der Waals surface area contributed by atoms with E-state index in [0.29, 0.717) is 5.56 Å². The molecule has 1 aromatic heterocycles. The lowest BCUT2D eigenvalue weighted by Crippen LogP contribution is -2.32. The van der Waals surface area contributed by atoms with Gasteiger partial charge in [0.15, 0.2) is 0 Å². The number of nitrogens with zero attached hydrogens (tertiary/aromatic N) is 1. The maximum atomic E-state index is 12.0. The summed E-state index contributed by atoms with van der Waals surface area (Å²) < 4.78 is 14.5. The van der Waals surface area contributed by atoms with E-state index in [1.807, 2.05) is 5.38 Å². The molecule has 0 amide bonds. The third kappa shape index (κ3) is 3.90. The molecule has 1 aromatic carbocycles. The summed E-state index contributed by atoms with van der Waals surface area (Å²) in [6.45, 7) is -0.0602. The first-order chi connectivity index (χ1) is 10.7. The van der Waals surface area contributed by atoms with Crippen LogP contribution in [0.5, 0.6) is 0 Å². The molecular formula is C15H15NO5S. The van der Waals surface area contributed by atoms with Crippen molar-refractivity contribution in [3.8, 4) is 11.3 Å². The molecule has 0 radical (unpaired) electrons. The van der Waals surface area contributed by atoms with Crippen molar-refractivity contribution in [1.29, 1.82) is 0 Å². The van der Waals surface area contributed by atoms with Gasteiger partial charge in [0.05, 0.1) is 30.5 Å². The van der Waals surface area contributed by atoms with Crippen LogP contribution in [0.2, 0.25) is 0 Å². The number of esters is 2. The van der Waals surface area contributed by atoms with E-state index in [1.54, 1.807) is 29.8 Å². The van der Waals surface area contributed by atoms with Crippen molar-refractivity contribution in [1.82, 2.24) is 4.98 Å². The van der Waals surface area contributed by atoms with Gasteiger partial charge >= 0.3 is 11.9 Å². The second kappa shape index (κ2) is 7.67. The van der Waals surface area contributed by atoms with Crippen molar-refractivity contribution in [3.63, 3.8) is 0 Å². The highest BCUT2D eigenvalue weighted by molar-refractivity contribution is 7.07. The summed E-state index contributed by atoms with van der Waals surface area (Å²) >= 11 is 1.50. The molecule has 2 rings (SSSR count). The monoisotopic (exact) mass is 321 g/mol. The Labute approximate surface area is 131 Å². The zero-order chi connectivity index (χ0) is 15.9. The van der Waals surface area contributed by atoms with E-state index in [-0.39, 0.29) is 6.61 Å². The van der Waals surface area contributed by atoms with Crippen LogP contribution in [-0.2, 0) is 19.0 Å². The minimum Gasteiger partial charge on any atom is -0.466 e. The van der Waals surface area contributed by atoms with E-state index >= 15 is 0 Å². The van der Waals surface area contributed by atoms with Gasteiger partial charge in [0.25, 0.3) is 0 Å². The Bertz CT molecular complexity index is 624. The van der Waals surface area contributed by atoms with Crippen LogP contribution in [0, 0.1) is 0 Å². The predicted molar refractivity (Wildman–Crippen MR) is 80.6 cm³/mol. The Morgan fingerprint density at radius 3 is 2.50 bits per heavy atom. The number of benzene rings is 1. The van der Waals surface area contributed by atoms with Gasteiger partial charge in [-0.2, -0.15) is 0 Å². The number of carbonyl (C=O) groups is 2. The Kier molecular flexibility index (Phi) is 5.62. The lowest BCUT2D eigenvalue weighted by atomic mass is 10.1. The van der Waals surface area contributed by atoms with Crippen molar-refractivity contribution in [2.24, 2.45) is 0 Å². The van der Waals surface area contributed by atoms with E-state index < -0.39 is 18.0 Å². The van der Waals surface area contributed by atoms with Crippen LogP contribution in [0.4, 0.5) is 0 Å². The Morgan fingerprint density at radius 2 is 1.95 bits per heavy atom. The molecule has 6 nitrogen and oxygen atoms in total. The molecule has 1 atom stereocenters. The number of methoxy groups -OCH3 is 2. The van der Waals surface area contributed by atoms with Crippen molar-refractivity contribution in [2.45, 2.75) is 6.10 Å². The molecule has 0 bridgehead atoms. The summed E-state index contributed by atoms with van der Waals surface area (Å²) in [6, 6.07) is 6.79. The van der Waals surface area contributed by atoms with Crippen LogP contribution in [0.3, 0.4) is 0 Å². The second-order valence-electron chi connectivity index (χ2n) is 4.32. The van der Waals surface area contributed by atoms with Crippen LogP contribution in [0.1, 0.15) is 10.4 Å². The standard InChI is InChI=1S/C15H15NO5S/c1-19-7-13(15(18)20-2)21-14(17)11-5-3-10(4-6-11)12-8-22-9-16-12/h3-6,8-9,13H,7H2,1-2H3/t13-/m1/s1. The fourth-order valence-electron chi connectivity index (χ4n) is 1.76. The zero-order valence-electron chi connectivity index (χ0n) is 12.1. The van der Waals surface area contributed by atoms with E-state index in [9.17, 15) is 9.59 Å². The average Bonchev–Trinajstić information content (AvgIpc) is 3.08. The molecule has 7 heteroatoms. The van der Waals surface area contributed by atoms with Gasteiger partial charge < -0.3 is 14.2 Å². The van der Waals surface area contributed by atoms with Crippen LogP contribution < -0.4 is 0 Å². The van der Waals surface area contributed by atoms with Crippen molar-refractivity contribution < 1.29 is 23.8 Å². The molecule has 0 aliphatic rings. The summed E-state index contributed by atoms with van der Waals surface area (Å²) in [5, 5.41) is 1.92. The van der Waals surface area contributed by atoms with Crippen LogP contribution >= 0.6 is 11.3 Å². The van der Waals surface area contributed by atoms with Crippen LogP contribution in [-0.4, -0.2) is 43.9 Å². The molecule has 1 heterocycles. The lowest BCUT2D eigenvalue weighted by Gasteiger charge is -2.14. The number of hydrogen-bond donors (Lipinski definition) is 0. The number of thiazole rings is 1. The van der Waals surface area contributed by atoms with Crippen molar-refractivity contribution in [2.75, 3.05) is 20.8 Å². The summed E-state index contributed by atoms with van der Waals surface area (Å²) in [5.41, 5.74) is 3.82. The van der Waals surface area contributed by atoms with E-state index in [4.69, 9.17) is 9.47 Å². The van der Waals surface area contributed by atoms with Crippen LogP contribution in [0.25, 0.3) is 11.3 Å².